The lowest BCUT2D eigenvalue weighted by atomic mass is 10.2. The second-order valence-electron chi connectivity index (χ2n) is 5.65. The first-order chi connectivity index (χ1) is 9.90. The van der Waals surface area contributed by atoms with Gasteiger partial charge in [0.15, 0.2) is 4.77 Å². The number of imidazole rings is 1. The number of H-pyrrole nitrogens is 1. The smallest absolute Gasteiger partial charge is 0.178 e. The minimum Gasteiger partial charge on any atom is -0.331 e. The van der Waals surface area contributed by atoms with Crippen LogP contribution in [-0.4, -0.2) is 34.1 Å². The largest absolute Gasteiger partial charge is 0.331 e. The molecule has 1 heterocycles. The van der Waals surface area contributed by atoms with Gasteiger partial charge >= 0.3 is 0 Å². The molecule has 2 aromatic rings. The molecule has 1 aromatic carbocycles. The fourth-order valence-electron chi connectivity index (χ4n) is 2.26. The Morgan fingerprint density at radius 1 is 1.38 bits per heavy atom. The Morgan fingerprint density at radius 3 is 2.76 bits per heavy atom. The number of fused-ring (bicyclic) bond motifs is 1. The summed E-state index contributed by atoms with van der Waals surface area (Å²) in [5.41, 5.74) is 1.76. The van der Waals surface area contributed by atoms with Crippen LogP contribution in [0.3, 0.4) is 0 Å². The minimum absolute atomic E-state index is 0.189. The minimum atomic E-state index is -0.189. The molecule has 1 aromatic heterocycles. The van der Waals surface area contributed by atoms with Crippen molar-refractivity contribution in [3.8, 4) is 0 Å². The Labute approximate surface area is 143 Å². The van der Waals surface area contributed by atoms with Crippen LogP contribution in [0.25, 0.3) is 11.0 Å². The summed E-state index contributed by atoms with van der Waals surface area (Å²) in [6, 6.07) is 3.95. The van der Waals surface area contributed by atoms with Crippen molar-refractivity contribution in [3.05, 3.63) is 26.3 Å². The molecule has 0 saturated carbocycles. The first-order valence-corrected chi connectivity index (χ1v) is 8.66. The highest BCUT2D eigenvalue weighted by molar-refractivity contribution is 14.1. The topological polar surface area (TPSA) is 24.0 Å². The van der Waals surface area contributed by atoms with E-state index in [-0.39, 0.29) is 5.82 Å². The molecule has 0 aliphatic heterocycles. The number of hydrogen-bond donors (Lipinski definition) is 1. The van der Waals surface area contributed by atoms with E-state index in [0.717, 1.165) is 37.0 Å². The summed E-state index contributed by atoms with van der Waals surface area (Å²) in [6.07, 6.45) is 2.14. The molecular weight excluding hydrogens is 400 g/mol. The molecule has 0 aliphatic carbocycles. The van der Waals surface area contributed by atoms with Crippen LogP contribution < -0.4 is 0 Å². The van der Waals surface area contributed by atoms with E-state index in [0.29, 0.717) is 14.4 Å². The Bertz CT molecular complexity index is 677. The standard InChI is InChI=1S/C15H21FIN3S/c1-10(2)19(3)6-4-5-7-20-14-8-11(16)12(17)9-13(14)18-15(20)21/h8-10H,4-7H2,1-3H3,(H,18,21). The highest BCUT2D eigenvalue weighted by Gasteiger charge is 2.09. The van der Waals surface area contributed by atoms with E-state index in [4.69, 9.17) is 12.2 Å². The van der Waals surface area contributed by atoms with E-state index in [1.54, 1.807) is 6.07 Å². The molecule has 6 heteroatoms. The molecule has 0 radical (unpaired) electrons. The first kappa shape index (κ1) is 16.9. The quantitative estimate of drug-likeness (QED) is 0.420. The average Bonchev–Trinajstić information content (AvgIpc) is 2.70. The van der Waals surface area contributed by atoms with Crippen molar-refractivity contribution < 1.29 is 4.39 Å². The summed E-state index contributed by atoms with van der Waals surface area (Å²) >= 11 is 7.35. The van der Waals surface area contributed by atoms with E-state index < -0.39 is 0 Å². The van der Waals surface area contributed by atoms with Crippen LogP contribution in [-0.2, 0) is 6.54 Å². The Kier molecular flexibility index (Phi) is 5.79. The van der Waals surface area contributed by atoms with E-state index >= 15 is 0 Å². The number of unbranched alkanes of at least 4 members (excludes halogenated alkanes) is 1. The highest BCUT2D eigenvalue weighted by atomic mass is 127. The molecule has 0 unspecified atom stereocenters. The normalized spacial score (nSPS) is 12.0. The molecule has 0 amide bonds. The van der Waals surface area contributed by atoms with Gasteiger partial charge in [-0.2, -0.15) is 0 Å². The lowest BCUT2D eigenvalue weighted by Gasteiger charge is -2.20. The number of nitrogens with zero attached hydrogens (tertiary/aromatic N) is 2. The van der Waals surface area contributed by atoms with Crippen LogP contribution in [0, 0.1) is 14.2 Å². The number of rotatable bonds is 6. The molecular formula is C15H21FIN3S. The van der Waals surface area contributed by atoms with Crippen LogP contribution in [0.15, 0.2) is 12.1 Å². The maximum absolute atomic E-state index is 13.7. The zero-order chi connectivity index (χ0) is 15.6. The number of aryl methyl sites for hydroxylation is 1. The van der Waals surface area contributed by atoms with E-state index in [1.165, 1.54) is 0 Å². The average molecular weight is 421 g/mol. The van der Waals surface area contributed by atoms with Crippen LogP contribution in [0.1, 0.15) is 26.7 Å². The number of benzene rings is 1. The summed E-state index contributed by atoms with van der Waals surface area (Å²) in [6.45, 7) is 6.28. The maximum atomic E-state index is 13.7. The maximum Gasteiger partial charge on any atom is 0.178 e. The lowest BCUT2D eigenvalue weighted by Crippen LogP contribution is -2.27. The molecule has 3 nitrogen and oxygen atoms in total. The van der Waals surface area contributed by atoms with Gasteiger partial charge in [-0.3, -0.25) is 0 Å². The number of aromatic nitrogens is 2. The predicted octanol–water partition coefficient (Wildman–Crippen LogP) is 4.56. The third kappa shape index (κ3) is 4.04. The zero-order valence-corrected chi connectivity index (χ0v) is 15.6. The second-order valence-corrected chi connectivity index (χ2v) is 7.20. The molecule has 0 bridgehead atoms. The predicted molar refractivity (Wildman–Crippen MR) is 96.8 cm³/mol. The fraction of sp³-hybridized carbons (Fsp3) is 0.533. The molecule has 0 atom stereocenters. The Morgan fingerprint density at radius 2 is 2.10 bits per heavy atom. The molecule has 0 saturated heterocycles. The van der Waals surface area contributed by atoms with Gasteiger partial charge in [-0.25, -0.2) is 4.39 Å². The van der Waals surface area contributed by atoms with Crippen molar-refractivity contribution in [2.45, 2.75) is 39.3 Å². The van der Waals surface area contributed by atoms with Crippen molar-refractivity contribution in [2.24, 2.45) is 0 Å². The zero-order valence-electron chi connectivity index (χ0n) is 12.6. The van der Waals surface area contributed by atoms with Crippen LogP contribution in [0.5, 0.6) is 0 Å². The summed E-state index contributed by atoms with van der Waals surface area (Å²) in [4.78, 5) is 5.49. The molecule has 1 N–H and O–H groups in total. The van der Waals surface area contributed by atoms with Gasteiger partial charge in [-0.15, -0.1) is 0 Å². The third-order valence-electron chi connectivity index (χ3n) is 3.84. The van der Waals surface area contributed by atoms with Gasteiger partial charge in [0, 0.05) is 18.7 Å². The monoisotopic (exact) mass is 421 g/mol. The number of halogens is 2. The second kappa shape index (κ2) is 7.19. The summed E-state index contributed by atoms with van der Waals surface area (Å²) < 4.78 is 17.0. The molecule has 0 spiro atoms. The number of aromatic amines is 1. The van der Waals surface area contributed by atoms with E-state index in [2.05, 4.69) is 30.8 Å². The molecule has 21 heavy (non-hydrogen) atoms. The molecule has 116 valence electrons. The Balaban J connectivity index is 2.07. The Hall–Kier alpha value is -0.470. The van der Waals surface area contributed by atoms with Gasteiger partial charge in [0.2, 0.25) is 0 Å². The van der Waals surface area contributed by atoms with E-state index in [1.807, 2.05) is 33.2 Å². The highest BCUT2D eigenvalue weighted by Crippen LogP contribution is 2.21. The summed E-state index contributed by atoms with van der Waals surface area (Å²) in [5, 5.41) is 0. The van der Waals surface area contributed by atoms with Gasteiger partial charge in [-0.05, 0) is 81.2 Å². The molecule has 2 rings (SSSR count). The van der Waals surface area contributed by atoms with Crippen molar-refractivity contribution in [2.75, 3.05) is 13.6 Å². The van der Waals surface area contributed by atoms with Crippen molar-refractivity contribution in [3.63, 3.8) is 0 Å². The van der Waals surface area contributed by atoms with Crippen molar-refractivity contribution >= 4 is 45.8 Å². The summed E-state index contributed by atoms with van der Waals surface area (Å²) in [5.74, 6) is -0.189. The van der Waals surface area contributed by atoms with Crippen molar-refractivity contribution in [1.82, 2.24) is 14.5 Å². The molecule has 0 aliphatic rings. The number of nitrogens with one attached hydrogen (secondary N) is 1. The van der Waals surface area contributed by atoms with Crippen LogP contribution in [0.4, 0.5) is 4.39 Å². The van der Waals surface area contributed by atoms with Gasteiger partial charge < -0.3 is 14.5 Å². The van der Waals surface area contributed by atoms with Gasteiger partial charge in [0.25, 0.3) is 0 Å². The van der Waals surface area contributed by atoms with Crippen LogP contribution in [0.2, 0.25) is 0 Å². The van der Waals surface area contributed by atoms with Gasteiger partial charge in [-0.1, -0.05) is 0 Å². The van der Waals surface area contributed by atoms with Gasteiger partial charge in [0.1, 0.15) is 5.82 Å². The lowest BCUT2D eigenvalue weighted by molar-refractivity contribution is 0.266. The van der Waals surface area contributed by atoms with Gasteiger partial charge in [0.05, 0.1) is 14.6 Å². The van der Waals surface area contributed by atoms with Crippen molar-refractivity contribution in [1.29, 1.82) is 0 Å². The fourth-order valence-corrected chi connectivity index (χ4v) is 3.03. The number of hydrogen-bond acceptors (Lipinski definition) is 2. The summed E-state index contributed by atoms with van der Waals surface area (Å²) in [7, 11) is 2.14. The third-order valence-corrected chi connectivity index (χ3v) is 4.99. The van der Waals surface area contributed by atoms with Crippen LogP contribution >= 0.6 is 34.8 Å². The van der Waals surface area contributed by atoms with E-state index in [9.17, 15) is 4.39 Å². The molecule has 0 fully saturated rings. The first-order valence-electron chi connectivity index (χ1n) is 7.18. The SMILES string of the molecule is CC(C)N(C)CCCCn1c(=S)[nH]c2cc(I)c(F)cc21.